The number of thiazole rings is 1. The Labute approximate surface area is 418 Å². The molecule has 12 nitrogen and oxygen atoms in total. The third-order valence-corrected chi connectivity index (χ3v) is 13.3. The molecule has 4 aromatic rings. The highest BCUT2D eigenvalue weighted by Gasteiger charge is 2.42. The number of methoxy groups -OCH3 is 1. The summed E-state index contributed by atoms with van der Waals surface area (Å²) in [5.41, 5.74) is 8.12. The van der Waals surface area contributed by atoms with Gasteiger partial charge < -0.3 is 24.3 Å². The molecular formula is C44H64F3N7O5S6. The molecule has 3 aromatic heterocycles. The van der Waals surface area contributed by atoms with Crippen LogP contribution in [0, 0.1) is 17.3 Å². The van der Waals surface area contributed by atoms with Gasteiger partial charge in [-0.05, 0) is 94.3 Å². The molecule has 21 heteroatoms. The van der Waals surface area contributed by atoms with Gasteiger partial charge in [0.2, 0.25) is 5.91 Å². The van der Waals surface area contributed by atoms with Crippen LogP contribution < -0.4 is 10.7 Å². The van der Waals surface area contributed by atoms with Crippen molar-refractivity contribution in [1.29, 1.82) is 0 Å². The number of nitrogens with one attached hydrogen (secondary N) is 2. The summed E-state index contributed by atoms with van der Waals surface area (Å²) in [4.78, 5) is 53.4. The van der Waals surface area contributed by atoms with Crippen molar-refractivity contribution in [3.05, 3.63) is 57.2 Å². The molecule has 2 fully saturated rings. The molecule has 0 unspecified atom stereocenters. The normalized spacial score (nSPS) is 22.4. The number of esters is 1. The number of alkyl halides is 3. The van der Waals surface area contributed by atoms with Gasteiger partial charge in [0.05, 0.1) is 34.8 Å². The molecule has 8 rings (SSSR count). The van der Waals surface area contributed by atoms with Crippen molar-refractivity contribution in [1.82, 2.24) is 35.2 Å². The fourth-order valence-electron chi connectivity index (χ4n) is 8.95. The third kappa shape index (κ3) is 12.5. The van der Waals surface area contributed by atoms with E-state index < -0.39 is 42.3 Å². The number of carbonyl (C=O) groups excluding carboxylic acids is 3. The SMILES string of the molecule is CO[C@@H](C)c1nc2c(cc1-c1c3c4cc(ccc4n1CC(F)(F)F)-c1csc(n1)C[C@H](NC(=O)[C@H]1C[C@@H]1C)C(=O)N1CCC[C@H](N1)C(=O)OCC(C)(C)C3)CN(C)CCC2.S.S.S.S.S. The second kappa shape index (κ2) is 22.7. The number of aromatic nitrogens is 3. The van der Waals surface area contributed by atoms with Gasteiger partial charge in [0.15, 0.2) is 0 Å². The Bertz CT molecular complexity index is 2330. The Kier molecular flexibility index (Phi) is 19.8. The van der Waals surface area contributed by atoms with Crippen LogP contribution in [0.2, 0.25) is 0 Å². The van der Waals surface area contributed by atoms with Crippen LogP contribution in [-0.2, 0) is 56.2 Å². The lowest BCUT2D eigenvalue weighted by molar-refractivity contribution is -0.155. The maximum absolute atomic E-state index is 14.8. The standard InChI is InChI=1S/C44H54F3N7O5S.5H2S/c1-24-15-28(24)40(55)50-34-18-37-48-35(21-60-37)26-11-12-36-29(16-26)31(19-43(3,4)23-59-42(57)33-10-8-14-54(51-33)41(34)56)39(53(36)22-44(45,46)47)30-17-27-20-52(5)13-7-9-32(27)49-38(30)25(2)58-6;;;;;/h11-12,16-17,21,24-25,28,33-34,51H,7-10,13-15,18-20,22-23H2,1-6H3,(H,50,55);5*1H2/t24-,25-,28-,33-,34-;;;;;/m0...../s1. The molecule has 65 heavy (non-hydrogen) atoms. The molecule has 2 N–H and O–H groups in total. The van der Waals surface area contributed by atoms with E-state index in [0.29, 0.717) is 75.6 Å². The van der Waals surface area contributed by atoms with Crippen molar-refractivity contribution in [2.75, 3.05) is 33.9 Å². The number of hydrazine groups is 1. The predicted molar refractivity (Wildman–Crippen MR) is 274 cm³/mol. The number of nitrogens with zero attached hydrogens (tertiary/aromatic N) is 5. The van der Waals surface area contributed by atoms with Gasteiger partial charge in [0, 0.05) is 71.1 Å². The van der Waals surface area contributed by atoms with Crippen LogP contribution in [0.5, 0.6) is 0 Å². The molecule has 362 valence electrons. The molecule has 6 bridgehead atoms. The number of aryl methyl sites for hydroxylation is 1. The van der Waals surface area contributed by atoms with Crippen LogP contribution >= 0.6 is 78.8 Å². The molecule has 6 heterocycles. The molecule has 0 radical (unpaired) electrons. The topological polar surface area (TPSA) is 131 Å². The Balaban J connectivity index is 0.00000224. The minimum Gasteiger partial charge on any atom is -0.464 e. The van der Waals surface area contributed by atoms with Gasteiger partial charge in [-0.2, -0.15) is 80.6 Å². The van der Waals surface area contributed by atoms with Crippen LogP contribution in [0.25, 0.3) is 33.4 Å². The summed E-state index contributed by atoms with van der Waals surface area (Å²) in [6, 6.07) is 5.68. The van der Waals surface area contributed by atoms with E-state index in [1.165, 1.54) is 20.9 Å². The van der Waals surface area contributed by atoms with E-state index >= 15 is 0 Å². The molecule has 1 aromatic carbocycles. The second-order valence-electron chi connectivity index (χ2n) is 18.0. The van der Waals surface area contributed by atoms with E-state index in [1.54, 1.807) is 19.2 Å². The number of benzene rings is 1. The van der Waals surface area contributed by atoms with Crippen LogP contribution in [0.3, 0.4) is 0 Å². The Hall–Kier alpha value is -2.63. The fraction of sp³-hybridized carbons (Fsp3) is 0.568. The first-order valence-electron chi connectivity index (χ1n) is 20.9. The summed E-state index contributed by atoms with van der Waals surface area (Å²) in [5.74, 6) is -1.01. The number of fused-ring (bicyclic) bond motifs is 7. The second-order valence-corrected chi connectivity index (χ2v) is 18.9. The number of amides is 2. The summed E-state index contributed by atoms with van der Waals surface area (Å²) >= 11 is 1.35. The minimum absolute atomic E-state index is 0. The highest BCUT2D eigenvalue weighted by molar-refractivity contribution is 7.60. The lowest BCUT2D eigenvalue weighted by Gasteiger charge is -2.35. The molecule has 5 atom stereocenters. The van der Waals surface area contributed by atoms with Crippen molar-refractivity contribution in [3.8, 4) is 22.5 Å². The van der Waals surface area contributed by atoms with Gasteiger partial charge in [-0.15, -0.1) is 11.3 Å². The van der Waals surface area contributed by atoms with E-state index in [9.17, 15) is 27.6 Å². The maximum atomic E-state index is 14.8. The van der Waals surface area contributed by atoms with Crippen LogP contribution in [-0.4, -0.2) is 94.3 Å². The first kappa shape index (κ1) is 56.7. The number of halogens is 3. The Morgan fingerprint density at radius 2 is 1.82 bits per heavy atom. The number of ether oxygens (including phenoxy) is 2. The highest BCUT2D eigenvalue weighted by Crippen LogP contribution is 2.44. The van der Waals surface area contributed by atoms with Gasteiger partial charge in [-0.3, -0.25) is 24.4 Å². The van der Waals surface area contributed by atoms with Gasteiger partial charge >= 0.3 is 12.1 Å². The van der Waals surface area contributed by atoms with Gasteiger partial charge in [0.25, 0.3) is 5.91 Å². The first-order valence-corrected chi connectivity index (χ1v) is 21.8. The van der Waals surface area contributed by atoms with E-state index in [4.69, 9.17) is 19.4 Å². The lowest BCUT2D eigenvalue weighted by atomic mass is 9.84. The van der Waals surface area contributed by atoms with Crippen molar-refractivity contribution >= 4 is 108 Å². The molecule has 1 saturated carbocycles. The zero-order valence-electron chi connectivity index (χ0n) is 37.6. The summed E-state index contributed by atoms with van der Waals surface area (Å²) in [7, 11) is 3.61. The Morgan fingerprint density at radius 3 is 2.49 bits per heavy atom. The van der Waals surface area contributed by atoms with Gasteiger partial charge in [0.1, 0.15) is 18.6 Å². The number of pyridine rings is 1. The van der Waals surface area contributed by atoms with E-state index in [0.717, 1.165) is 37.1 Å². The summed E-state index contributed by atoms with van der Waals surface area (Å²) in [6.07, 6.45) is -1.33. The van der Waals surface area contributed by atoms with Crippen molar-refractivity contribution in [2.45, 2.75) is 110 Å². The zero-order valence-corrected chi connectivity index (χ0v) is 43.4. The minimum atomic E-state index is -4.56. The maximum Gasteiger partial charge on any atom is 0.406 e. The average molecular weight is 1020 g/mol. The molecule has 1 aliphatic carbocycles. The van der Waals surface area contributed by atoms with E-state index in [1.807, 2.05) is 52.3 Å². The van der Waals surface area contributed by atoms with Crippen LogP contribution in [0.15, 0.2) is 29.6 Å². The first-order chi connectivity index (χ1) is 28.5. The largest absolute Gasteiger partial charge is 0.464 e. The molecule has 2 amide bonds. The van der Waals surface area contributed by atoms with Crippen molar-refractivity contribution in [2.24, 2.45) is 17.3 Å². The lowest BCUT2D eigenvalue weighted by Crippen LogP contribution is -2.60. The summed E-state index contributed by atoms with van der Waals surface area (Å²) in [6.45, 7) is 8.28. The van der Waals surface area contributed by atoms with Gasteiger partial charge in [-0.25, -0.2) is 10.4 Å². The Morgan fingerprint density at radius 1 is 1.09 bits per heavy atom. The smallest absolute Gasteiger partial charge is 0.406 e. The highest BCUT2D eigenvalue weighted by atomic mass is 32.1. The van der Waals surface area contributed by atoms with Crippen molar-refractivity contribution < 1.29 is 37.0 Å². The van der Waals surface area contributed by atoms with E-state index in [2.05, 4.69) is 15.6 Å². The molecule has 1 saturated heterocycles. The fourth-order valence-corrected chi connectivity index (χ4v) is 9.80. The number of hydrogen-bond donors (Lipinski definition) is 2. The number of cyclic esters (lactones) is 1. The summed E-state index contributed by atoms with van der Waals surface area (Å²) in [5, 5.41) is 7.50. The van der Waals surface area contributed by atoms with Crippen molar-refractivity contribution in [3.63, 3.8) is 0 Å². The predicted octanol–water partition coefficient (Wildman–Crippen LogP) is 7.34. The number of rotatable bonds is 6. The molecule has 3 aliphatic heterocycles. The summed E-state index contributed by atoms with van der Waals surface area (Å²) < 4.78 is 57.7. The quantitative estimate of drug-likeness (QED) is 0.191. The van der Waals surface area contributed by atoms with Gasteiger partial charge in [-0.1, -0.05) is 26.8 Å². The zero-order chi connectivity index (χ0) is 42.7. The average Bonchev–Trinajstić information content (AvgIpc) is 3.72. The van der Waals surface area contributed by atoms with Crippen LogP contribution in [0.1, 0.15) is 87.0 Å². The number of carbonyl (C=O) groups is 3. The molecule has 0 spiro atoms. The third-order valence-electron chi connectivity index (χ3n) is 12.4. The van der Waals surface area contributed by atoms with E-state index in [-0.39, 0.29) is 111 Å². The molecular weight excluding hydrogens is 956 g/mol. The number of hydrogen-bond acceptors (Lipinski definition) is 10. The van der Waals surface area contributed by atoms with Crippen LogP contribution in [0.4, 0.5) is 13.2 Å². The monoisotopic (exact) mass is 1020 g/mol. The molecule has 4 aliphatic rings.